The smallest absolute Gasteiger partial charge is 0.619 e. The molecule has 0 aromatic heterocycles. The molecule has 29 heavy (non-hydrogen) atoms. The number of allylic oxidation sites excluding steroid dienone is 1. The molecule has 2 aromatic rings. The van der Waals surface area contributed by atoms with E-state index in [0.717, 1.165) is 17.3 Å². The van der Waals surface area contributed by atoms with Gasteiger partial charge < -0.3 is 8.53 Å². The largest absolute Gasteiger partial charge is 0.680 e. The Balaban J connectivity index is 1.92. The lowest BCUT2D eigenvalue weighted by atomic mass is 9.96. The molecule has 1 saturated heterocycles. The van der Waals surface area contributed by atoms with E-state index in [1.165, 1.54) is 5.56 Å². The number of rotatable bonds is 9. The lowest BCUT2D eigenvalue weighted by Crippen LogP contribution is -2.37. The number of benzene rings is 2. The van der Waals surface area contributed by atoms with Crippen molar-refractivity contribution in [3.63, 3.8) is 0 Å². The molecule has 4 nitrogen and oxygen atoms in total. The van der Waals surface area contributed by atoms with E-state index in [2.05, 4.69) is 31.2 Å². The normalized spacial score (nSPS) is 17.8. The zero-order valence-corrected chi connectivity index (χ0v) is 18.9. The molecule has 1 unspecified atom stereocenters. The Bertz CT molecular complexity index is 815. The predicted molar refractivity (Wildman–Crippen MR) is 118 cm³/mol. The van der Waals surface area contributed by atoms with Crippen molar-refractivity contribution in [2.45, 2.75) is 43.9 Å². The van der Waals surface area contributed by atoms with Crippen LogP contribution < -0.4 is 0 Å². The van der Waals surface area contributed by atoms with Crippen LogP contribution in [0.1, 0.15) is 37.3 Å². The van der Waals surface area contributed by atoms with Gasteiger partial charge in [0, 0.05) is 5.92 Å². The lowest BCUT2D eigenvalue weighted by molar-refractivity contribution is 0.152. The van der Waals surface area contributed by atoms with Crippen LogP contribution >= 0.6 is 10.0 Å². The summed E-state index contributed by atoms with van der Waals surface area (Å²) in [4.78, 5) is 14.3. The second-order valence-corrected chi connectivity index (χ2v) is 10.5. The summed E-state index contributed by atoms with van der Waals surface area (Å²) in [6.45, 7) is 4.49. The maximum atomic E-state index is 12.6. The fourth-order valence-electron chi connectivity index (χ4n) is 3.48. The van der Waals surface area contributed by atoms with E-state index in [9.17, 15) is 4.79 Å². The topological polar surface area (TPSA) is 38.8 Å². The van der Waals surface area contributed by atoms with E-state index < -0.39 is 13.6 Å². The maximum Gasteiger partial charge on any atom is 0.680 e. The Morgan fingerprint density at radius 3 is 2.48 bits per heavy atom. The Kier molecular flexibility index (Phi) is 8.06. The molecule has 0 N–H and O–H groups in total. The predicted octanol–water partition coefficient (Wildman–Crippen LogP) is 5.85. The average Bonchev–Trinajstić information content (AvgIpc) is 3.12. The van der Waals surface area contributed by atoms with E-state index in [0.29, 0.717) is 18.9 Å². The molecule has 2 aromatic carbocycles. The van der Waals surface area contributed by atoms with Gasteiger partial charge >= 0.3 is 19.7 Å². The van der Waals surface area contributed by atoms with Gasteiger partial charge in [-0.3, -0.25) is 0 Å². The fraction of sp³-hybridized carbons (Fsp3) is 0.348. The highest BCUT2D eigenvalue weighted by Gasteiger charge is 2.38. The third kappa shape index (κ3) is 5.79. The summed E-state index contributed by atoms with van der Waals surface area (Å²) in [5.41, 5.74) is 2.35. The molecule has 0 bridgehead atoms. The molecule has 6 heteroatoms. The van der Waals surface area contributed by atoms with Crippen molar-refractivity contribution in [1.82, 2.24) is 4.90 Å². The SMILES string of the molecule is CCC(/C=C(\[O][Al]([Cl])[CH2]C)N1C(=O)OC[C@@H]1Cc1ccccc1)c1ccccc1. The van der Waals surface area contributed by atoms with Crippen molar-refractivity contribution in [2.24, 2.45) is 0 Å². The first-order chi connectivity index (χ1) is 14.1. The van der Waals surface area contributed by atoms with Gasteiger partial charge in [-0.25, -0.2) is 19.7 Å². The quantitative estimate of drug-likeness (QED) is 0.372. The number of ether oxygens (including phenoxy) is 1. The van der Waals surface area contributed by atoms with Crippen molar-refractivity contribution >= 4 is 29.7 Å². The minimum absolute atomic E-state index is 0.112. The van der Waals surface area contributed by atoms with Gasteiger partial charge in [-0.2, -0.15) is 0 Å². The Labute approximate surface area is 182 Å². The molecule has 1 amide bonds. The molecule has 0 radical (unpaired) electrons. The van der Waals surface area contributed by atoms with Crippen LogP contribution in [0.5, 0.6) is 0 Å². The van der Waals surface area contributed by atoms with Crippen LogP contribution in [0.25, 0.3) is 0 Å². The number of hydrogen-bond donors (Lipinski definition) is 0. The van der Waals surface area contributed by atoms with Crippen molar-refractivity contribution in [1.29, 1.82) is 0 Å². The molecule has 2 atom stereocenters. The molecule has 1 fully saturated rings. The minimum atomic E-state index is -1.94. The van der Waals surface area contributed by atoms with Crippen molar-refractivity contribution in [3.05, 3.63) is 83.7 Å². The summed E-state index contributed by atoms with van der Waals surface area (Å²) in [6.07, 6.45) is 3.27. The Morgan fingerprint density at radius 2 is 1.86 bits per heavy atom. The zero-order valence-electron chi connectivity index (χ0n) is 17.0. The number of nitrogens with zero attached hydrogens (tertiary/aromatic N) is 1. The molecular weight excluding hydrogens is 401 g/mol. The van der Waals surface area contributed by atoms with E-state index in [-0.39, 0.29) is 18.1 Å². The molecule has 152 valence electrons. The third-order valence-corrected chi connectivity index (χ3v) is 7.43. The summed E-state index contributed by atoms with van der Waals surface area (Å²) in [5, 5.41) is 0.771. The average molecular weight is 428 g/mol. The molecular formula is C23H27AlClNO3. The monoisotopic (exact) mass is 427 g/mol. The van der Waals surface area contributed by atoms with Crippen LogP contribution in [-0.4, -0.2) is 37.2 Å². The van der Waals surface area contributed by atoms with Gasteiger partial charge in [0.1, 0.15) is 6.61 Å². The van der Waals surface area contributed by atoms with Gasteiger partial charge in [0.05, 0.1) is 6.04 Å². The van der Waals surface area contributed by atoms with E-state index in [1.807, 2.05) is 49.4 Å². The van der Waals surface area contributed by atoms with Crippen molar-refractivity contribution in [3.8, 4) is 0 Å². The molecule has 0 saturated carbocycles. The van der Waals surface area contributed by atoms with Crippen LogP contribution in [0.2, 0.25) is 5.28 Å². The maximum absolute atomic E-state index is 12.6. The molecule has 1 aliphatic heterocycles. The van der Waals surface area contributed by atoms with Gasteiger partial charge in [-0.15, -0.1) is 0 Å². The highest BCUT2D eigenvalue weighted by atomic mass is 35.6. The minimum Gasteiger partial charge on any atom is -0.619 e. The summed E-state index contributed by atoms with van der Waals surface area (Å²) < 4.78 is 11.6. The number of halogens is 1. The van der Waals surface area contributed by atoms with Gasteiger partial charge in [0.15, 0.2) is 5.88 Å². The zero-order chi connectivity index (χ0) is 20.6. The summed E-state index contributed by atoms with van der Waals surface area (Å²) in [6, 6.07) is 20.3. The standard InChI is InChI=1S/C21H23NO3.C2H5.Al.ClH/c1-2-17(18-11-7-4-8-12-18)14-20(23)22-19(15-25-21(22)24)13-16-9-5-3-6-10-16;1-2;;/h3-12,14,17,19,23H,2,13,15H2,1H3;1H2,2H3;;1H/q;;+2;/p-2/b20-14-;;;/t17?,19-;;;/m0.../s1. The summed E-state index contributed by atoms with van der Waals surface area (Å²) in [7, 11) is 6.46. The number of amides is 1. The van der Waals surface area contributed by atoms with Gasteiger partial charge in [-0.05, 0) is 35.3 Å². The molecule has 1 aliphatic rings. The second kappa shape index (κ2) is 10.7. The van der Waals surface area contributed by atoms with Crippen molar-refractivity contribution in [2.75, 3.05) is 6.61 Å². The molecule has 0 aliphatic carbocycles. The Hall–Kier alpha value is -1.93. The number of carbonyl (C=O) groups excluding carboxylic acids is 1. The van der Waals surface area contributed by atoms with E-state index >= 15 is 0 Å². The van der Waals surface area contributed by atoms with Crippen LogP contribution in [0.3, 0.4) is 0 Å². The summed E-state index contributed by atoms with van der Waals surface area (Å²) >= 11 is -1.94. The van der Waals surface area contributed by atoms with Crippen molar-refractivity contribution < 1.29 is 13.3 Å². The Morgan fingerprint density at radius 1 is 1.21 bits per heavy atom. The molecule has 3 rings (SSSR count). The van der Waals surface area contributed by atoms with Gasteiger partial charge in [0.25, 0.3) is 0 Å². The van der Waals surface area contributed by atoms with Crippen LogP contribution in [0, 0.1) is 0 Å². The second-order valence-electron chi connectivity index (χ2n) is 7.16. The van der Waals surface area contributed by atoms with Crippen LogP contribution in [0.15, 0.2) is 72.6 Å². The highest BCUT2D eigenvalue weighted by molar-refractivity contribution is 7.03. The van der Waals surface area contributed by atoms with Crippen LogP contribution in [-0.2, 0) is 14.9 Å². The number of cyclic esters (lactones) is 1. The first-order valence-corrected chi connectivity index (χ1v) is 13.2. The van der Waals surface area contributed by atoms with E-state index in [4.69, 9.17) is 18.6 Å². The molecule has 1 heterocycles. The van der Waals surface area contributed by atoms with E-state index in [1.54, 1.807) is 4.90 Å². The number of carbonyl (C=O) groups is 1. The van der Waals surface area contributed by atoms with Crippen LogP contribution in [0.4, 0.5) is 4.79 Å². The number of hydrogen-bond acceptors (Lipinski definition) is 3. The fourth-order valence-corrected chi connectivity index (χ4v) is 4.37. The lowest BCUT2D eigenvalue weighted by Gasteiger charge is -2.27. The first-order valence-electron chi connectivity index (χ1n) is 10.2. The third-order valence-electron chi connectivity index (χ3n) is 5.09. The first kappa shape index (κ1) is 21.8. The van der Waals surface area contributed by atoms with Gasteiger partial charge in [-0.1, -0.05) is 74.5 Å². The summed E-state index contributed by atoms with van der Waals surface area (Å²) in [5.74, 6) is 0.671. The highest BCUT2D eigenvalue weighted by Crippen LogP contribution is 2.29. The van der Waals surface area contributed by atoms with Gasteiger partial charge in [0.2, 0.25) is 0 Å². The molecule has 0 spiro atoms.